The summed E-state index contributed by atoms with van der Waals surface area (Å²) in [7, 11) is 0. The Bertz CT molecular complexity index is 10.4. The summed E-state index contributed by atoms with van der Waals surface area (Å²) in [5, 5.41) is 0. The number of hydrogen-bond acceptors (Lipinski definition) is 2. The third-order valence-corrected chi connectivity index (χ3v) is 0. The van der Waals surface area contributed by atoms with Crippen LogP contribution < -0.4 is 0 Å². The molecule has 0 aromatic carbocycles. The molecule has 0 fully saturated rings. The summed E-state index contributed by atoms with van der Waals surface area (Å²) in [4.78, 5) is 0. The quantitative estimate of drug-likeness (QED) is 0.341. The third kappa shape index (κ3) is 183. The van der Waals surface area contributed by atoms with E-state index in [0.717, 1.165) is 0 Å². The maximum absolute atomic E-state index is 3.67. The molecule has 0 saturated carbocycles. The minimum atomic E-state index is 0. The molecule has 8 heavy (non-hydrogen) atoms. The second-order valence-corrected chi connectivity index (χ2v) is 0. The van der Waals surface area contributed by atoms with Crippen LogP contribution in [0.5, 0.6) is 0 Å². The van der Waals surface area contributed by atoms with Crippen molar-refractivity contribution in [1.82, 2.24) is 0 Å². The van der Waals surface area contributed by atoms with Gasteiger partial charge in [0.05, 0.1) is 0 Å². The molecule has 0 amide bonds. The summed E-state index contributed by atoms with van der Waals surface area (Å²) in [5.41, 5.74) is 0. The molecular formula is H10NaO5S2. The molecule has 0 rings (SSSR count). The molecule has 10 N–H and O–H groups in total. The van der Waals surface area contributed by atoms with Gasteiger partial charge in [-0.2, -0.15) is 0 Å². The van der Waals surface area contributed by atoms with E-state index in [2.05, 4.69) is 22.4 Å². The van der Waals surface area contributed by atoms with Gasteiger partial charge in [0.25, 0.3) is 0 Å². The van der Waals surface area contributed by atoms with Gasteiger partial charge in [0.2, 0.25) is 0 Å². The van der Waals surface area contributed by atoms with E-state index < -0.39 is 0 Å². The van der Waals surface area contributed by atoms with Crippen molar-refractivity contribution >= 4 is 51.9 Å². The second kappa shape index (κ2) is 281. The largest absolute Gasteiger partial charge is 0.412 e. The molecule has 8 heteroatoms. The van der Waals surface area contributed by atoms with Gasteiger partial charge in [-0.1, -0.05) is 0 Å². The van der Waals surface area contributed by atoms with Crippen LogP contribution in [-0.2, 0) is 22.4 Å². The summed E-state index contributed by atoms with van der Waals surface area (Å²) < 4.78 is 0. The van der Waals surface area contributed by atoms with E-state index in [1.54, 1.807) is 0 Å². The van der Waals surface area contributed by atoms with Crippen LogP contribution in [0.15, 0.2) is 0 Å². The molecule has 0 atom stereocenters. The smallest absolute Gasteiger partial charge is 0 e. The maximum atomic E-state index is 3.67. The van der Waals surface area contributed by atoms with Gasteiger partial charge in [0.1, 0.15) is 0 Å². The Morgan fingerprint density at radius 3 is 0.500 bits per heavy atom. The molecule has 0 aromatic heterocycles. The first-order chi connectivity index (χ1) is 1.00. The Morgan fingerprint density at radius 2 is 0.500 bits per heavy atom. The van der Waals surface area contributed by atoms with Gasteiger partial charge < -0.3 is 27.4 Å². The van der Waals surface area contributed by atoms with E-state index in [9.17, 15) is 0 Å². The third-order valence-electron chi connectivity index (χ3n) is 0. The minimum Gasteiger partial charge on any atom is -0.412 e. The van der Waals surface area contributed by atoms with Crippen molar-refractivity contribution in [2.24, 2.45) is 0 Å². The topological polar surface area (TPSA) is 158 Å². The second-order valence-electron chi connectivity index (χ2n) is 0. The molecule has 0 aliphatic rings. The van der Waals surface area contributed by atoms with Crippen molar-refractivity contribution in [3.05, 3.63) is 0 Å². The van der Waals surface area contributed by atoms with Gasteiger partial charge >= 0.3 is 0 Å². The maximum Gasteiger partial charge on any atom is 0 e. The van der Waals surface area contributed by atoms with Crippen LogP contribution >= 0.6 is 0 Å². The van der Waals surface area contributed by atoms with Crippen LogP contribution in [0.1, 0.15) is 0 Å². The fourth-order valence-electron chi connectivity index (χ4n) is 0. The Hall–Kier alpha value is 1.24. The van der Waals surface area contributed by atoms with Gasteiger partial charge in [-0.05, 0) is 0 Å². The van der Waals surface area contributed by atoms with Crippen molar-refractivity contribution in [3.8, 4) is 0 Å². The van der Waals surface area contributed by atoms with Crippen LogP contribution in [0.4, 0.5) is 0 Å². The van der Waals surface area contributed by atoms with Crippen LogP contribution in [0, 0.1) is 0 Å². The zero-order valence-electron chi connectivity index (χ0n) is 4.32. The van der Waals surface area contributed by atoms with E-state index >= 15 is 0 Å². The number of rotatable bonds is 0. The molecule has 0 unspecified atom stereocenters. The molecule has 1 radical (unpaired) electrons. The van der Waals surface area contributed by atoms with E-state index in [1.165, 1.54) is 0 Å². The first-order valence-corrected chi connectivity index (χ1v) is 1.50. The fraction of sp³-hybridized carbons (Fsp3) is 0. The zero-order chi connectivity index (χ0) is 2.00. The van der Waals surface area contributed by atoms with E-state index in [-0.39, 0.29) is 56.9 Å². The molecule has 0 saturated heterocycles. The van der Waals surface area contributed by atoms with E-state index in [4.69, 9.17) is 0 Å². The average molecular weight is 177 g/mol. The van der Waals surface area contributed by atoms with Crippen molar-refractivity contribution in [1.29, 1.82) is 0 Å². The first kappa shape index (κ1) is 125. The van der Waals surface area contributed by atoms with E-state index in [1.807, 2.05) is 0 Å². The van der Waals surface area contributed by atoms with Crippen molar-refractivity contribution in [2.45, 2.75) is 0 Å². The molecule has 0 aromatic rings. The Kier molecular flexibility index (Phi) is 4390. The van der Waals surface area contributed by atoms with Gasteiger partial charge in [0.15, 0.2) is 0 Å². The summed E-state index contributed by atoms with van der Waals surface area (Å²) in [5.74, 6) is 0. The zero-order valence-corrected chi connectivity index (χ0v) is 7.95. The molecule has 0 bridgehead atoms. The summed E-state index contributed by atoms with van der Waals surface area (Å²) in [6.45, 7) is 0. The van der Waals surface area contributed by atoms with Crippen molar-refractivity contribution < 1.29 is 27.4 Å². The predicted molar refractivity (Wildman–Crippen MR) is 38.6 cm³/mol. The fourth-order valence-corrected chi connectivity index (χ4v) is 0. The number of hydrogen-bond donors (Lipinski definition) is 0. The first-order valence-electron chi connectivity index (χ1n) is 0.167. The monoisotopic (exact) mass is 177 g/mol. The molecule has 0 heterocycles. The minimum absolute atomic E-state index is 0. The van der Waals surface area contributed by atoms with E-state index in [0.29, 0.717) is 0 Å². The molecule has 0 aliphatic carbocycles. The van der Waals surface area contributed by atoms with Crippen LogP contribution in [0.3, 0.4) is 0 Å². The Labute approximate surface area is 79.0 Å². The predicted octanol–water partition coefficient (Wildman–Crippen LogP) is -4.51. The van der Waals surface area contributed by atoms with Gasteiger partial charge in [-0.25, -0.2) is 0 Å². The van der Waals surface area contributed by atoms with Crippen LogP contribution in [0.2, 0.25) is 0 Å². The molecule has 53 valence electrons. The molecule has 0 spiro atoms. The van der Waals surface area contributed by atoms with Gasteiger partial charge in [-0.15, -0.1) is 0 Å². The average Bonchev–Trinajstić information content (AvgIpc) is 1.00. The SMILES string of the molecule is O.O.O.O.O.S=S.[Na]. The Morgan fingerprint density at radius 1 is 0.500 bits per heavy atom. The standard InChI is InChI=1S/Na.5H2O.S2/c;;;;;;1-2/h;5*1H2;. The van der Waals surface area contributed by atoms with Crippen molar-refractivity contribution in [3.63, 3.8) is 0 Å². The molecular weight excluding hydrogens is 167 g/mol. The Balaban J connectivity index is -0.000000000333. The van der Waals surface area contributed by atoms with Crippen LogP contribution in [-0.4, -0.2) is 56.9 Å². The summed E-state index contributed by atoms with van der Waals surface area (Å²) in [6, 6.07) is 0. The van der Waals surface area contributed by atoms with Crippen LogP contribution in [0.25, 0.3) is 0 Å². The van der Waals surface area contributed by atoms with Crippen molar-refractivity contribution in [2.75, 3.05) is 0 Å². The molecule has 0 aliphatic heterocycles. The summed E-state index contributed by atoms with van der Waals surface area (Å²) in [6.07, 6.45) is 0. The van der Waals surface area contributed by atoms with Gasteiger partial charge in [-0.3, -0.25) is 0 Å². The van der Waals surface area contributed by atoms with Gasteiger partial charge in [0, 0.05) is 51.9 Å². The summed E-state index contributed by atoms with van der Waals surface area (Å²) >= 11 is 7.33. The normalized spacial score (nSPS) is 0.500. The molecule has 5 nitrogen and oxygen atoms in total.